The largest absolute Gasteiger partial charge is 0.452 e. The minimum atomic E-state index is -4.15. The van der Waals surface area contributed by atoms with Gasteiger partial charge in [0.2, 0.25) is 10.0 Å². The number of nitrogens with zero attached hydrogens (tertiary/aromatic N) is 1. The van der Waals surface area contributed by atoms with Crippen LogP contribution in [0.15, 0.2) is 58.8 Å². The Labute approximate surface area is 192 Å². The number of nitrogens with one attached hydrogen (secondary N) is 2. The first-order chi connectivity index (χ1) is 15.7. The van der Waals surface area contributed by atoms with Crippen molar-refractivity contribution in [1.82, 2.24) is 9.71 Å². The average molecular weight is 496 g/mol. The molecule has 1 unspecified atom stereocenters. The lowest BCUT2D eigenvalue weighted by atomic mass is 10.2. The zero-order chi connectivity index (χ0) is 24.0. The van der Waals surface area contributed by atoms with Crippen LogP contribution < -0.4 is 10.0 Å². The van der Waals surface area contributed by atoms with Crippen LogP contribution in [0, 0.1) is 11.6 Å². The van der Waals surface area contributed by atoms with Crippen molar-refractivity contribution in [3.8, 4) is 11.3 Å². The lowest BCUT2D eigenvalue weighted by Crippen LogP contribution is -2.32. The predicted octanol–water partition coefficient (Wildman–Crippen LogP) is 3.33. The second kappa shape index (κ2) is 10.6. The molecule has 0 saturated heterocycles. The van der Waals surface area contributed by atoms with Crippen LogP contribution in [0.5, 0.6) is 0 Å². The number of benzene rings is 2. The van der Waals surface area contributed by atoms with Gasteiger partial charge in [0.25, 0.3) is 5.91 Å². The van der Waals surface area contributed by atoms with Crippen molar-refractivity contribution in [2.75, 3.05) is 11.9 Å². The summed E-state index contributed by atoms with van der Waals surface area (Å²) in [5.41, 5.74) is 1.58. The van der Waals surface area contributed by atoms with Crippen LogP contribution in [0.3, 0.4) is 0 Å². The van der Waals surface area contributed by atoms with Gasteiger partial charge >= 0.3 is 5.97 Å². The van der Waals surface area contributed by atoms with E-state index in [-0.39, 0.29) is 13.0 Å². The Morgan fingerprint density at radius 3 is 2.55 bits per heavy atom. The lowest BCUT2D eigenvalue weighted by Gasteiger charge is -2.12. The third-order valence-electron chi connectivity index (χ3n) is 4.30. The van der Waals surface area contributed by atoms with Crippen molar-refractivity contribution in [2.24, 2.45) is 0 Å². The van der Waals surface area contributed by atoms with Gasteiger partial charge in [0.15, 0.2) is 22.9 Å². The summed E-state index contributed by atoms with van der Waals surface area (Å²) in [6, 6.07) is 11.5. The van der Waals surface area contributed by atoms with E-state index in [2.05, 4.69) is 15.0 Å². The number of hydrogen-bond acceptors (Lipinski definition) is 7. The van der Waals surface area contributed by atoms with Crippen LogP contribution in [0.2, 0.25) is 0 Å². The van der Waals surface area contributed by atoms with Crippen molar-refractivity contribution in [1.29, 1.82) is 0 Å². The van der Waals surface area contributed by atoms with Gasteiger partial charge in [-0.1, -0.05) is 30.3 Å². The molecular formula is C21H19F2N3O5S2. The van der Waals surface area contributed by atoms with Crippen LogP contribution in [-0.4, -0.2) is 37.9 Å². The van der Waals surface area contributed by atoms with Gasteiger partial charge in [-0.3, -0.25) is 14.9 Å². The average Bonchev–Trinajstić information content (AvgIpc) is 3.24. The molecule has 0 spiro atoms. The van der Waals surface area contributed by atoms with Crippen LogP contribution in [0.1, 0.15) is 13.3 Å². The topological polar surface area (TPSA) is 114 Å². The molecule has 0 fully saturated rings. The molecule has 2 N–H and O–H groups in total. The van der Waals surface area contributed by atoms with Gasteiger partial charge in [0.1, 0.15) is 0 Å². The van der Waals surface area contributed by atoms with Crippen LogP contribution in [-0.2, 0) is 24.3 Å². The third kappa shape index (κ3) is 6.63. The molecule has 33 heavy (non-hydrogen) atoms. The number of thiazole rings is 1. The standard InChI is InChI=1S/C21H19F2N3O5S2/c1-13(20(28)26-21-25-18(12-32-21)14-5-3-2-4-6-14)31-19(27)9-10-24-33(29,30)15-7-8-16(22)17(23)11-15/h2-8,11-13,24H,9-10H2,1H3,(H,25,26,28). The molecule has 0 aliphatic rings. The van der Waals surface area contributed by atoms with Gasteiger partial charge in [0.05, 0.1) is 17.0 Å². The number of amides is 1. The lowest BCUT2D eigenvalue weighted by molar-refractivity contribution is -0.152. The molecule has 0 saturated carbocycles. The maximum Gasteiger partial charge on any atom is 0.307 e. The Bertz CT molecular complexity index is 1250. The van der Waals surface area contributed by atoms with Crippen LogP contribution in [0.25, 0.3) is 11.3 Å². The first-order valence-corrected chi connectivity index (χ1v) is 12.0. The highest BCUT2D eigenvalue weighted by molar-refractivity contribution is 7.89. The number of halogens is 2. The van der Waals surface area contributed by atoms with Crippen LogP contribution >= 0.6 is 11.3 Å². The number of anilines is 1. The monoisotopic (exact) mass is 495 g/mol. The van der Waals surface area contributed by atoms with Crippen molar-refractivity contribution in [3.05, 3.63) is 65.5 Å². The highest BCUT2D eigenvalue weighted by Crippen LogP contribution is 2.24. The first kappa shape index (κ1) is 24.4. The molecule has 0 aliphatic carbocycles. The molecule has 2 aromatic carbocycles. The summed E-state index contributed by atoms with van der Waals surface area (Å²) >= 11 is 1.21. The van der Waals surface area contributed by atoms with E-state index in [9.17, 15) is 26.8 Å². The normalized spacial score (nSPS) is 12.2. The minimum Gasteiger partial charge on any atom is -0.452 e. The zero-order valence-electron chi connectivity index (χ0n) is 17.2. The first-order valence-electron chi connectivity index (χ1n) is 9.62. The molecule has 0 aliphatic heterocycles. The van der Waals surface area contributed by atoms with Crippen LogP contribution in [0.4, 0.5) is 13.9 Å². The number of carbonyl (C=O) groups excluding carboxylic acids is 2. The van der Waals surface area contributed by atoms with Gasteiger partial charge in [-0.25, -0.2) is 26.9 Å². The van der Waals surface area contributed by atoms with Gasteiger partial charge in [-0.15, -0.1) is 11.3 Å². The van der Waals surface area contributed by atoms with E-state index in [4.69, 9.17) is 4.74 Å². The Morgan fingerprint density at radius 2 is 1.85 bits per heavy atom. The Morgan fingerprint density at radius 1 is 1.12 bits per heavy atom. The van der Waals surface area contributed by atoms with Crippen molar-refractivity contribution in [3.63, 3.8) is 0 Å². The molecule has 0 bridgehead atoms. The summed E-state index contributed by atoms with van der Waals surface area (Å²) in [5.74, 6) is -3.92. The number of aromatic nitrogens is 1. The highest BCUT2D eigenvalue weighted by Gasteiger charge is 2.21. The SMILES string of the molecule is CC(OC(=O)CCNS(=O)(=O)c1ccc(F)c(F)c1)C(=O)Nc1nc(-c2ccccc2)cs1. The smallest absolute Gasteiger partial charge is 0.307 e. The fourth-order valence-electron chi connectivity index (χ4n) is 2.60. The van der Waals surface area contributed by atoms with E-state index in [1.807, 2.05) is 30.3 Å². The molecule has 8 nitrogen and oxygen atoms in total. The maximum atomic E-state index is 13.2. The summed E-state index contributed by atoms with van der Waals surface area (Å²) in [4.78, 5) is 28.1. The van der Waals surface area contributed by atoms with Crippen molar-refractivity contribution >= 4 is 38.4 Å². The van der Waals surface area contributed by atoms with E-state index >= 15 is 0 Å². The zero-order valence-corrected chi connectivity index (χ0v) is 18.9. The van der Waals surface area contributed by atoms with E-state index < -0.39 is 44.5 Å². The van der Waals surface area contributed by atoms with E-state index in [0.29, 0.717) is 23.0 Å². The molecule has 174 valence electrons. The van der Waals surface area contributed by atoms with E-state index in [0.717, 1.165) is 11.6 Å². The maximum absolute atomic E-state index is 13.2. The second-order valence-corrected chi connectivity index (χ2v) is 9.37. The minimum absolute atomic E-state index is 0.334. The fraction of sp³-hybridized carbons (Fsp3) is 0.190. The molecule has 3 aromatic rings. The number of ether oxygens (including phenoxy) is 1. The summed E-state index contributed by atoms with van der Waals surface area (Å²) in [5, 5.41) is 4.68. The Kier molecular flexibility index (Phi) is 7.84. The van der Waals surface area contributed by atoms with Gasteiger partial charge in [0, 0.05) is 17.5 Å². The molecular weight excluding hydrogens is 476 g/mol. The predicted molar refractivity (Wildman–Crippen MR) is 118 cm³/mol. The second-order valence-electron chi connectivity index (χ2n) is 6.75. The van der Waals surface area contributed by atoms with Gasteiger partial charge in [-0.2, -0.15) is 0 Å². The number of sulfonamides is 1. The van der Waals surface area contributed by atoms with Gasteiger partial charge < -0.3 is 4.74 Å². The number of carbonyl (C=O) groups is 2. The molecule has 12 heteroatoms. The Hall–Kier alpha value is -3.22. The quantitative estimate of drug-likeness (QED) is 0.440. The summed E-state index contributed by atoms with van der Waals surface area (Å²) < 4.78 is 57.5. The number of rotatable bonds is 9. The van der Waals surface area contributed by atoms with Crippen molar-refractivity contribution < 1.29 is 31.5 Å². The van der Waals surface area contributed by atoms with E-state index in [1.165, 1.54) is 18.3 Å². The number of esters is 1. The fourth-order valence-corrected chi connectivity index (χ4v) is 4.37. The summed E-state index contributed by atoms with van der Waals surface area (Å²) in [6.07, 6.45) is -1.53. The molecule has 1 atom stereocenters. The highest BCUT2D eigenvalue weighted by atomic mass is 32.2. The molecule has 1 aromatic heterocycles. The molecule has 3 rings (SSSR count). The molecule has 1 heterocycles. The number of hydrogen-bond donors (Lipinski definition) is 2. The molecule has 1 amide bonds. The third-order valence-corrected chi connectivity index (χ3v) is 6.52. The van der Waals surface area contributed by atoms with E-state index in [1.54, 1.807) is 5.38 Å². The van der Waals surface area contributed by atoms with Gasteiger partial charge in [-0.05, 0) is 25.1 Å². The summed E-state index contributed by atoms with van der Waals surface area (Å²) in [6.45, 7) is 1.01. The molecule has 0 radical (unpaired) electrons. The Balaban J connectivity index is 1.46. The summed E-state index contributed by atoms with van der Waals surface area (Å²) in [7, 11) is -4.15. The van der Waals surface area contributed by atoms with Crippen molar-refractivity contribution in [2.45, 2.75) is 24.3 Å².